The van der Waals surface area contributed by atoms with Gasteiger partial charge < -0.3 is 36.4 Å². The van der Waals surface area contributed by atoms with Crippen LogP contribution in [0.4, 0.5) is 5.69 Å². The van der Waals surface area contributed by atoms with Gasteiger partial charge in [0, 0.05) is 47.2 Å². The molecule has 0 fully saturated rings. The number of carbonyl (C=O) groups is 7. The molecule has 0 heterocycles. The number of nitrogens with one attached hydrogen (secondary N) is 2. The lowest BCUT2D eigenvalue weighted by molar-refractivity contribution is -0.125. The number of ketones is 3. The van der Waals surface area contributed by atoms with Gasteiger partial charge in [0.2, 0.25) is 5.91 Å². The largest absolute Gasteiger partial charge is 0.508 e. The molecule has 5 aromatic carbocycles. The molecule has 14 nitrogen and oxygen atoms in total. The summed E-state index contributed by atoms with van der Waals surface area (Å²) in [5.74, 6) is -4.57. The van der Waals surface area contributed by atoms with Crippen molar-refractivity contribution in [3.63, 3.8) is 0 Å². The van der Waals surface area contributed by atoms with Gasteiger partial charge in [-0.2, -0.15) is 0 Å². The van der Waals surface area contributed by atoms with E-state index in [0.29, 0.717) is 28.0 Å². The van der Waals surface area contributed by atoms with Gasteiger partial charge in [-0.05, 0) is 98.1 Å². The molecule has 1 atom stereocenters. The Hall–Kier alpha value is -7.87. The second-order valence-electron chi connectivity index (χ2n) is 14.8. The highest BCUT2D eigenvalue weighted by Gasteiger charge is 2.25. The number of carboxylic acid groups (broad SMARTS) is 1. The van der Waals surface area contributed by atoms with E-state index in [2.05, 4.69) is 10.6 Å². The van der Waals surface area contributed by atoms with Gasteiger partial charge in [-0.15, -0.1) is 0 Å². The van der Waals surface area contributed by atoms with Crippen molar-refractivity contribution in [2.75, 3.05) is 5.32 Å². The topological polar surface area (TPSA) is 239 Å². The van der Waals surface area contributed by atoms with Gasteiger partial charge in [0.15, 0.2) is 28.8 Å². The standard InChI is InChI=1S/C48H45N3O11/c1-27(2)62-45-35(16-21-38(44(45)57)41(54)23-30-6-12-34(13-7-30)48(60)61)25-40(53)32-10-4-31(5-11-32)24-42(55)39(26-43(49)56)51-47(59)33-14-17-36(18-15-33)50-46(58)28(3)22-29-8-19-37(52)20-9-29/h4-22,27,39,52,57H,23-26H2,1-3H3,(H2,49,56)(H,50,58)(H,51,59)(H,60,61)/b28-22+/t39-/m0/s1. The Morgan fingerprint density at radius 2 is 1.27 bits per heavy atom. The maximum Gasteiger partial charge on any atom is 0.335 e. The van der Waals surface area contributed by atoms with E-state index in [1.807, 2.05) is 0 Å². The van der Waals surface area contributed by atoms with Crippen molar-refractivity contribution in [3.05, 3.63) is 159 Å². The highest BCUT2D eigenvalue weighted by molar-refractivity contribution is 6.07. The van der Waals surface area contributed by atoms with Gasteiger partial charge in [0.25, 0.3) is 11.8 Å². The molecule has 3 amide bonds. The summed E-state index contributed by atoms with van der Waals surface area (Å²) in [6, 6.07) is 25.9. The summed E-state index contributed by atoms with van der Waals surface area (Å²) in [4.78, 5) is 89.0. The number of phenols is 2. The van der Waals surface area contributed by atoms with Crippen LogP contribution in [0.1, 0.15) is 90.9 Å². The van der Waals surface area contributed by atoms with Gasteiger partial charge in [-0.25, -0.2) is 4.79 Å². The number of rotatable bonds is 19. The average molecular weight is 840 g/mol. The number of ether oxygens (including phenoxy) is 1. The SMILES string of the molecule is C/C(=C\c1ccc(O)cc1)C(=O)Nc1ccc(C(=O)N[C@@H](CC(N)=O)C(=O)Cc2ccc(C(=O)Cc3ccc(C(=O)Cc4ccc(C(=O)O)cc4)c(O)c3OC(C)C)cc2)cc1. The number of anilines is 1. The molecule has 0 radical (unpaired) electrons. The average Bonchev–Trinajstić information content (AvgIpc) is 3.23. The summed E-state index contributed by atoms with van der Waals surface area (Å²) < 4.78 is 5.87. The molecule has 0 saturated heterocycles. The zero-order chi connectivity index (χ0) is 45.1. The van der Waals surface area contributed by atoms with Crippen LogP contribution >= 0.6 is 0 Å². The number of nitrogens with two attached hydrogens (primary N) is 1. The predicted molar refractivity (Wildman–Crippen MR) is 230 cm³/mol. The Morgan fingerprint density at radius 1 is 0.694 bits per heavy atom. The number of aromatic carboxylic acids is 1. The normalized spacial score (nSPS) is 11.6. The minimum absolute atomic E-state index is 0.0152. The molecule has 14 heteroatoms. The van der Waals surface area contributed by atoms with Crippen LogP contribution < -0.4 is 21.1 Å². The van der Waals surface area contributed by atoms with Crippen molar-refractivity contribution in [2.24, 2.45) is 5.73 Å². The molecule has 0 saturated carbocycles. The van der Waals surface area contributed by atoms with Gasteiger partial charge in [-0.1, -0.05) is 54.6 Å². The first-order valence-electron chi connectivity index (χ1n) is 19.5. The fourth-order valence-electron chi connectivity index (χ4n) is 6.31. The molecule has 7 N–H and O–H groups in total. The Bertz CT molecular complexity index is 2530. The monoisotopic (exact) mass is 839 g/mol. The smallest absolute Gasteiger partial charge is 0.335 e. The highest BCUT2D eigenvalue weighted by atomic mass is 16.5. The Kier molecular flexibility index (Phi) is 14.9. The van der Waals surface area contributed by atoms with Crippen LogP contribution in [0.25, 0.3) is 6.08 Å². The number of phenolic OH excluding ortho intramolecular Hbond substituents is 2. The Morgan fingerprint density at radius 3 is 1.85 bits per heavy atom. The molecule has 0 aromatic heterocycles. The third-order valence-electron chi connectivity index (χ3n) is 9.58. The zero-order valence-corrected chi connectivity index (χ0v) is 34.1. The second kappa shape index (κ2) is 20.4. The summed E-state index contributed by atoms with van der Waals surface area (Å²) in [6.45, 7) is 5.09. The number of amides is 3. The third kappa shape index (κ3) is 12.3. The summed E-state index contributed by atoms with van der Waals surface area (Å²) in [7, 11) is 0. The van der Waals surface area contributed by atoms with Crippen molar-refractivity contribution in [1.82, 2.24) is 5.32 Å². The van der Waals surface area contributed by atoms with Crippen LogP contribution in [-0.2, 0) is 33.6 Å². The lowest BCUT2D eigenvalue weighted by atomic mass is 9.95. The summed E-state index contributed by atoms with van der Waals surface area (Å²) >= 11 is 0. The number of carboxylic acids is 1. The van der Waals surface area contributed by atoms with E-state index < -0.39 is 53.7 Å². The van der Waals surface area contributed by atoms with Gasteiger partial charge >= 0.3 is 5.97 Å². The number of primary amides is 1. The van der Waals surface area contributed by atoms with Crippen molar-refractivity contribution in [3.8, 4) is 17.2 Å². The lowest BCUT2D eigenvalue weighted by Gasteiger charge is -2.18. The molecular formula is C48H45N3O11. The van der Waals surface area contributed by atoms with Crippen LogP contribution in [-0.4, -0.2) is 68.5 Å². The molecule has 0 unspecified atom stereocenters. The Balaban J connectivity index is 1.20. The number of aromatic hydroxyl groups is 2. The third-order valence-corrected chi connectivity index (χ3v) is 9.58. The first-order valence-corrected chi connectivity index (χ1v) is 19.5. The van der Waals surface area contributed by atoms with Crippen LogP contribution in [0.15, 0.2) is 115 Å². The summed E-state index contributed by atoms with van der Waals surface area (Å²) in [5.41, 5.74) is 8.81. The van der Waals surface area contributed by atoms with Gasteiger partial charge in [0.1, 0.15) is 5.75 Å². The molecule has 62 heavy (non-hydrogen) atoms. The molecule has 0 bridgehead atoms. The maximum atomic E-state index is 13.5. The summed E-state index contributed by atoms with van der Waals surface area (Å²) in [6.07, 6.45) is 0.264. The van der Waals surface area contributed by atoms with E-state index in [-0.39, 0.29) is 64.7 Å². The first-order chi connectivity index (χ1) is 29.5. The lowest BCUT2D eigenvalue weighted by Crippen LogP contribution is -2.44. The minimum atomic E-state index is -1.26. The molecule has 0 aliphatic heterocycles. The first kappa shape index (κ1) is 45.2. The highest BCUT2D eigenvalue weighted by Crippen LogP contribution is 2.36. The van der Waals surface area contributed by atoms with E-state index >= 15 is 0 Å². The van der Waals surface area contributed by atoms with Crippen molar-refractivity contribution in [2.45, 2.75) is 58.6 Å². The van der Waals surface area contributed by atoms with Crippen LogP contribution in [0.2, 0.25) is 0 Å². The van der Waals surface area contributed by atoms with E-state index in [1.54, 1.807) is 51.1 Å². The number of hydrogen-bond acceptors (Lipinski definition) is 10. The molecular weight excluding hydrogens is 795 g/mol. The van der Waals surface area contributed by atoms with Crippen LogP contribution in [0.5, 0.6) is 17.2 Å². The van der Waals surface area contributed by atoms with E-state index in [0.717, 1.165) is 5.56 Å². The van der Waals surface area contributed by atoms with Crippen molar-refractivity contribution in [1.29, 1.82) is 0 Å². The van der Waals surface area contributed by atoms with Crippen LogP contribution in [0.3, 0.4) is 0 Å². The fourth-order valence-corrected chi connectivity index (χ4v) is 6.31. The fraction of sp³-hybridized carbons (Fsp3) is 0.188. The maximum absolute atomic E-state index is 13.5. The Labute approximate surface area is 357 Å². The van der Waals surface area contributed by atoms with Crippen molar-refractivity contribution >= 4 is 52.8 Å². The molecule has 0 spiro atoms. The number of benzene rings is 5. The number of carbonyl (C=O) groups excluding carboxylic acids is 6. The number of Topliss-reactive ketones (excluding diaryl/α,β-unsaturated/α-hetero) is 3. The summed E-state index contributed by atoms with van der Waals surface area (Å²) in [5, 5.41) is 35.1. The molecule has 5 aromatic rings. The molecule has 5 rings (SSSR count). The van der Waals surface area contributed by atoms with E-state index in [1.165, 1.54) is 84.9 Å². The van der Waals surface area contributed by atoms with Crippen LogP contribution in [0, 0.1) is 0 Å². The molecule has 0 aliphatic carbocycles. The quantitative estimate of drug-likeness (QED) is 0.0401. The predicted octanol–water partition coefficient (Wildman–Crippen LogP) is 6.26. The minimum Gasteiger partial charge on any atom is -0.508 e. The zero-order valence-electron chi connectivity index (χ0n) is 34.1. The molecule has 0 aliphatic rings. The van der Waals surface area contributed by atoms with E-state index in [9.17, 15) is 43.8 Å². The van der Waals surface area contributed by atoms with Gasteiger partial charge in [-0.3, -0.25) is 28.8 Å². The molecule has 318 valence electrons. The van der Waals surface area contributed by atoms with Crippen molar-refractivity contribution < 1.29 is 53.6 Å². The second-order valence-corrected chi connectivity index (χ2v) is 14.8. The van der Waals surface area contributed by atoms with Gasteiger partial charge in [0.05, 0.1) is 29.7 Å². The van der Waals surface area contributed by atoms with E-state index in [4.69, 9.17) is 15.6 Å². The number of hydrogen-bond donors (Lipinski definition) is 6.